The van der Waals surface area contributed by atoms with Gasteiger partial charge in [0.1, 0.15) is 0 Å². The number of rotatable bonds is 4. The second-order valence-electron chi connectivity index (χ2n) is 5.66. The van der Waals surface area contributed by atoms with Crippen LogP contribution in [-0.2, 0) is 16.0 Å². The summed E-state index contributed by atoms with van der Waals surface area (Å²) in [5.74, 6) is -1.05. The molecule has 0 saturated carbocycles. The van der Waals surface area contributed by atoms with Crippen LogP contribution in [0.4, 0.5) is 5.69 Å². The fourth-order valence-corrected chi connectivity index (χ4v) is 3.74. The van der Waals surface area contributed by atoms with Crippen LogP contribution in [0.25, 0.3) is 6.08 Å². The molecule has 0 aromatic heterocycles. The number of hydrogen-bond acceptors (Lipinski definition) is 4. The molecule has 1 aliphatic heterocycles. The van der Waals surface area contributed by atoms with Crippen molar-refractivity contribution in [3.05, 3.63) is 70.1 Å². The molecule has 25 heavy (non-hydrogen) atoms. The summed E-state index contributed by atoms with van der Waals surface area (Å²) < 4.78 is 0.467. The van der Waals surface area contributed by atoms with Gasteiger partial charge in [-0.15, -0.1) is 0 Å². The van der Waals surface area contributed by atoms with E-state index in [2.05, 4.69) is 0 Å². The van der Waals surface area contributed by atoms with E-state index in [1.807, 2.05) is 37.3 Å². The Labute approximate surface area is 155 Å². The first-order valence-electron chi connectivity index (χ1n) is 7.59. The summed E-state index contributed by atoms with van der Waals surface area (Å²) in [7, 11) is 0. The number of aryl methyl sites for hydroxylation is 1. The SMILES string of the molecule is Cc1ccc(/C=C2\SC(=S)N(c3ccc(CC(=O)O)cc3)C2=O)cc1. The summed E-state index contributed by atoms with van der Waals surface area (Å²) in [4.78, 5) is 25.5. The highest BCUT2D eigenvalue weighted by atomic mass is 32.2. The topological polar surface area (TPSA) is 57.6 Å². The fraction of sp³-hybridized carbons (Fsp3) is 0.105. The molecule has 4 nitrogen and oxygen atoms in total. The molecule has 1 amide bonds. The summed E-state index contributed by atoms with van der Waals surface area (Å²) in [5.41, 5.74) is 3.43. The molecule has 1 aliphatic rings. The van der Waals surface area contributed by atoms with Crippen molar-refractivity contribution in [2.75, 3.05) is 4.90 Å². The average molecular weight is 369 g/mol. The minimum Gasteiger partial charge on any atom is -0.481 e. The lowest BCUT2D eigenvalue weighted by atomic mass is 10.1. The van der Waals surface area contributed by atoms with Crippen molar-refractivity contribution in [3.8, 4) is 0 Å². The number of carboxylic acid groups (broad SMARTS) is 1. The van der Waals surface area contributed by atoms with Gasteiger partial charge in [0.15, 0.2) is 4.32 Å². The normalized spacial score (nSPS) is 15.9. The van der Waals surface area contributed by atoms with Gasteiger partial charge < -0.3 is 5.11 Å². The van der Waals surface area contributed by atoms with E-state index >= 15 is 0 Å². The maximum absolute atomic E-state index is 12.7. The number of carboxylic acids is 1. The summed E-state index contributed by atoms with van der Waals surface area (Å²) in [6, 6.07) is 14.7. The van der Waals surface area contributed by atoms with E-state index < -0.39 is 5.97 Å². The third-order valence-corrected chi connectivity index (χ3v) is 5.02. The van der Waals surface area contributed by atoms with Crippen LogP contribution >= 0.6 is 24.0 Å². The van der Waals surface area contributed by atoms with Gasteiger partial charge in [0.25, 0.3) is 5.91 Å². The Morgan fingerprint density at radius 2 is 1.80 bits per heavy atom. The van der Waals surface area contributed by atoms with Crippen LogP contribution in [0.2, 0.25) is 0 Å². The van der Waals surface area contributed by atoms with E-state index in [-0.39, 0.29) is 12.3 Å². The monoisotopic (exact) mass is 369 g/mol. The molecule has 1 fully saturated rings. The standard InChI is InChI=1S/C19H15NO3S2/c1-12-2-4-13(5-3-12)10-16-18(23)20(19(24)25-16)15-8-6-14(7-9-15)11-17(21)22/h2-10H,11H2,1H3,(H,21,22)/b16-10-. The van der Waals surface area contributed by atoms with E-state index in [1.54, 1.807) is 24.3 Å². The van der Waals surface area contributed by atoms with E-state index in [0.717, 1.165) is 11.1 Å². The molecule has 1 heterocycles. The first-order chi connectivity index (χ1) is 11.9. The molecule has 0 unspecified atom stereocenters. The van der Waals surface area contributed by atoms with Crippen molar-refractivity contribution in [2.24, 2.45) is 0 Å². The molecule has 1 N–H and O–H groups in total. The Bertz CT molecular complexity index is 871. The number of benzene rings is 2. The summed E-state index contributed by atoms with van der Waals surface area (Å²) in [6.45, 7) is 2.01. The smallest absolute Gasteiger partial charge is 0.307 e. The van der Waals surface area contributed by atoms with Gasteiger partial charge in [0.2, 0.25) is 0 Å². The minimum absolute atomic E-state index is 0.0496. The first kappa shape index (κ1) is 17.4. The van der Waals surface area contributed by atoms with Gasteiger partial charge >= 0.3 is 5.97 Å². The Morgan fingerprint density at radius 1 is 1.16 bits per heavy atom. The van der Waals surface area contributed by atoms with Gasteiger partial charge in [-0.1, -0.05) is 65.9 Å². The van der Waals surface area contributed by atoms with E-state index in [0.29, 0.717) is 20.5 Å². The molecule has 2 aromatic carbocycles. The number of hydrogen-bond donors (Lipinski definition) is 1. The Hall–Kier alpha value is -2.44. The molecule has 0 aliphatic carbocycles. The third kappa shape index (κ3) is 3.97. The zero-order valence-electron chi connectivity index (χ0n) is 13.4. The number of thiocarbonyl (C=S) groups is 1. The van der Waals surface area contributed by atoms with Gasteiger partial charge in [0, 0.05) is 0 Å². The van der Waals surface area contributed by atoms with E-state index in [1.165, 1.54) is 16.7 Å². The molecule has 1 saturated heterocycles. The van der Waals surface area contributed by atoms with Crippen molar-refractivity contribution in [2.45, 2.75) is 13.3 Å². The maximum atomic E-state index is 12.7. The molecule has 126 valence electrons. The lowest BCUT2D eigenvalue weighted by Crippen LogP contribution is -2.27. The highest BCUT2D eigenvalue weighted by Gasteiger charge is 2.33. The second kappa shape index (κ2) is 7.21. The number of thioether (sulfide) groups is 1. The number of aliphatic carboxylic acids is 1. The maximum Gasteiger partial charge on any atom is 0.307 e. The molecule has 2 aromatic rings. The summed E-state index contributed by atoms with van der Waals surface area (Å²) in [5, 5.41) is 8.83. The summed E-state index contributed by atoms with van der Waals surface area (Å²) in [6.07, 6.45) is 1.78. The molecule has 0 bridgehead atoms. The van der Waals surface area contributed by atoms with Crippen LogP contribution in [0, 0.1) is 6.92 Å². The van der Waals surface area contributed by atoms with Gasteiger partial charge in [0.05, 0.1) is 17.0 Å². The number of carbonyl (C=O) groups is 2. The third-order valence-electron chi connectivity index (χ3n) is 3.72. The second-order valence-corrected chi connectivity index (χ2v) is 7.34. The molecule has 0 radical (unpaired) electrons. The Balaban J connectivity index is 1.83. The van der Waals surface area contributed by atoms with Crippen molar-refractivity contribution in [1.29, 1.82) is 0 Å². The molecule has 0 spiro atoms. The van der Waals surface area contributed by atoms with Crippen LogP contribution in [0.15, 0.2) is 53.4 Å². The zero-order valence-corrected chi connectivity index (χ0v) is 15.1. The Morgan fingerprint density at radius 3 is 2.40 bits per heavy atom. The van der Waals surface area contributed by atoms with Crippen molar-refractivity contribution >= 4 is 51.9 Å². The average Bonchev–Trinajstić information content (AvgIpc) is 2.84. The quantitative estimate of drug-likeness (QED) is 0.651. The summed E-state index contributed by atoms with van der Waals surface area (Å²) >= 11 is 6.61. The minimum atomic E-state index is -0.889. The number of amides is 1. The highest BCUT2D eigenvalue weighted by molar-refractivity contribution is 8.27. The number of carbonyl (C=O) groups excluding carboxylic acids is 1. The molecule has 0 atom stereocenters. The number of anilines is 1. The van der Waals surface area contributed by atoms with Crippen LogP contribution in [0.5, 0.6) is 0 Å². The van der Waals surface area contributed by atoms with Gasteiger partial charge in [-0.3, -0.25) is 14.5 Å². The van der Waals surface area contributed by atoms with Crippen LogP contribution in [-0.4, -0.2) is 21.3 Å². The highest BCUT2D eigenvalue weighted by Crippen LogP contribution is 2.36. The van der Waals surface area contributed by atoms with E-state index in [9.17, 15) is 9.59 Å². The molecular weight excluding hydrogens is 354 g/mol. The van der Waals surface area contributed by atoms with Crippen LogP contribution in [0.3, 0.4) is 0 Å². The van der Waals surface area contributed by atoms with Crippen molar-refractivity contribution < 1.29 is 14.7 Å². The van der Waals surface area contributed by atoms with Crippen LogP contribution in [0.1, 0.15) is 16.7 Å². The van der Waals surface area contributed by atoms with Gasteiger partial charge in [-0.05, 0) is 36.3 Å². The largest absolute Gasteiger partial charge is 0.481 e. The lowest BCUT2D eigenvalue weighted by molar-refractivity contribution is -0.136. The predicted octanol–water partition coefficient (Wildman–Crippen LogP) is 4.03. The van der Waals surface area contributed by atoms with Crippen molar-refractivity contribution in [1.82, 2.24) is 0 Å². The predicted molar refractivity (Wildman–Crippen MR) is 105 cm³/mol. The first-order valence-corrected chi connectivity index (χ1v) is 8.82. The van der Waals surface area contributed by atoms with Gasteiger partial charge in [-0.2, -0.15) is 0 Å². The Kier molecular flexibility index (Phi) is 5.01. The molecular formula is C19H15NO3S2. The van der Waals surface area contributed by atoms with E-state index in [4.69, 9.17) is 17.3 Å². The molecule has 6 heteroatoms. The molecule has 3 rings (SSSR count). The fourth-order valence-electron chi connectivity index (χ4n) is 2.44. The lowest BCUT2D eigenvalue weighted by Gasteiger charge is -2.14. The number of nitrogens with zero attached hydrogens (tertiary/aromatic N) is 1. The van der Waals surface area contributed by atoms with Crippen molar-refractivity contribution in [3.63, 3.8) is 0 Å². The van der Waals surface area contributed by atoms with Crippen LogP contribution < -0.4 is 4.90 Å². The van der Waals surface area contributed by atoms with Gasteiger partial charge in [-0.25, -0.2) is 0 Å². The zero-order chi connectivity index (χ0) is 18.0.